The van der Waals surface area contributed by atoms with E-state index in [0.29, 0.717) is 0 Å². The maximum absolute atomic E-state index is 9.26. The van der Waals surface area contributed by atoms with Gasteiger partial charge in [-0.3, -0.25) is 0 Å². The second-order valence-corrected chi connectivity index (χ2v) is 3.81. The molecule has 1 aliphatic rings. The summed E-state index contributed by atoms with van der Waals surface area (Å²) in [6, 6.07) is 0. The van der Waals surface area contributed by atoms with Crippen molar-refractivity contribution >= 4 is 0 Å². The molecule has 0 aromatic rings. The molecule has 60 valence electrons. The van der Waals surface area contributed by atoms with Crippen LogP contribution in [0.15, 0.2) is 0 Å². The lowest BCUT2D eigenvalue weighted by Gasteiger charge is -2.23. The first kappa shape index (κ1) is 8.02. The average Bonchev–Trinajstić information content (AvgIpc) is 1.94. The van der Waals surface area contributed by atoms with E-state index in [9.17, 15) is 5.11 Å². The Bertz CT molecular complexity index is 112. The van der Waals surface area contributed by atoms with Gasteiger partial charge >= 0.3 is 0 Å². The Balaban J connectivity index is 2.41. The monoisotopic (exact) mass is 143 g/mol. The molecule has 1 unspecified atom stereocenters. The first-order valence-corrected chi connectivity index (χ1v) is 4.03. The van der Waals surface area contributed by atoms with Crippen molar-refractivity contribution in [3.8, 4) is 0 Å². The molecule has 1 aliphatic heterocycles. The van der Waals surface area contributed by atoms with Crippen LogP contribution in [0.25, 0.3) is 0 Å². The van der Waals surface area contributed by atoms with Gasteiger partial charge in [0.1, 0.15) is 0 Å². The van der Waals surface area contributed by atoms with E-state index in [-0.39, 0.29) is 11.6 Å². The molecule has 0 amide bonds. The van der Waals surface area contributed by atoms with Crippen LogP contribution in [-0.4, -0.2) is 23.3 Å². The Hall–Kier alpha value is -0.0800. The summed E-state index contributed by atoms with van der Waals surface area (Å²) in [5.74, 6) is 0. The van der Waals surface area contributed by atoms with Crippen molar-refractivity contribution in [2.75, 3.05) is 6.54 Å². The molecule has 1 fully saturated rings. The predicted molar refractivity (Wildman–Crippen MR) is 41.9 cm³/mol. The zero-order valence-electron chi connectivity index (χ0n) is 6.85. The van der Waals surface area contributed by atoms with Gasteiger partial charge in [-0.25, -0.2) is 0 Å². The molecular formula is C8H17NO. The summed E-state index contributed by atoms with van der Waals surface area (Å²) in [4.78, 5) is 0. The van der Waals surface area contributed by atoms with Gasteiger partial charge in [0.25, 0.3) is 0 Å². The van der Waals surface area contributed by atoms with Crippen LogP contribution >= 0.6 is 0 Å². The van der Waals surface area contributed by atoms with Crippen LogP contribution in [0.2, 0.25) is 0 Å². The third-order valence-electron chi connectivity index (χ3n) is 2.16. The fourth-order valence-corrected chi connectivity index (χ4v) is 1.36. The van der Waals surface area contributed by atoms with Crippen molar-refractivity contribution in [3.05, 3.63) is 0 Å². The smallest absolute Gasteiger partial charge is 0.0664 e. The van der Waals surface area contributed by atoms with Crippen LogP contribution < -0.4 is 5.32 Å². The van der Waals surface area contributed by atoms with Crippen LogP contribution in [0, 0.1) is 0 Å². The molecular weight excluding hydrogens is 126 g/mol. The summed E-state index contributed by atoms with van der Waals surface area (Å²) in [6.45, 7) is 5.13. The van der Waals surface area contributed by atoms with Crippen LogP contribution in [-0.2, 0) is 0 Å². The van der Waals surface area contributed by atoms with E-state index in [1.807, 2.05) is 0 Å². The average molecular weight is 143 g/mol. The predicted octanol–water partition coefficient (Wildman–Crippen LogP) is 0.899. The van der Waals surface area contributed by atoms with Crippen LogP contribution in [0.4, 0.5) is 0 Å². The molecule has 0 spiro atoms. The standard InChI is InChI=1S/C8H17NO/c1-8(2)5-3-4-7(10)6-9-8/h7,9-10H,3-6H2,1-2H3. The molecule has 0 aromatic carbocycles. The minimum atomic E-state index is -0.123. The lowest BCUT2D eigenvalue weighted by Crippen LogP contribution is -2.40. The largest absolute Gasteiger partial charge is 0.392 e. The summed E-state index contributed by atoms with van der Waals surface area (Å²) >= 11 is 0. The van der Waals surface area contributed by atoms with Crippen molar-refractivity contribution in [2.45, 2.75) is 44.8 Å². The lowest BCUT2D eigenvalue weighted by molar-refractivity contribution is 0.164. The molecule has 0 bridgehead atoms. The Labute approximate surface area is 62.6 Å². The molecule has 1 rings (SSSR count). The summed E-state index contributed by atoms with van der Waals surface area (Å²) < 4.78 is 0. The van der Waals surface area contributed by atoms with Gasteiger partial charge in [0.2, 0.25) is 0 Å². The number of nitrogens with one attached hydrogen (secondary N) is 1. The van der Waals surface area contributed by atoms with Crippen molar-refractivity contribution in [2.24, 2.45) is 0 Å². The highest BCUT2D eigenvalue weighted by molar-refractivity contribution is 4.82. The van der Waals surface area contributed by atoms with E-state index < -0.39 is 0 Å². The summed E-state index contributed by atoms with van der Waals surface area (Å²) in [5, 5.41) is 12.6. The molecule has 1 atom stereocenters. The van der Waals surface area contributed by atoms with E-state index in [1.165, 1.54) is 6.42 Å². The number of aliphatic hydroxyl groups is 1. The topological polar surface area (TPSA) is 32.3 Å². The Morgan fingerprint density at radius 1 is 1.50 bits per heavy atom. The molecule has 2 N–H and O–H groups in total. The maximum atomic E-state index is 9.26. The lowest BCUT2D eigenvalue weighted by atomic mass is 9.99. The van der Waals surface area contributed by atoms with Gasteiger partial charge < -0.3 is 10.4 Å². The minimum Gasteiger partial charge on any atom is -0.392 e. The number of hydrogen-bond donors (Lipinski definition) is 2. The fourth-order valence-electron chi connectivity index (χ4n) is 1.36. The minimum absolute atomic E-state index is 0.123. The summed E-state index contributed by atoms with van der Waals surface area (Å²) in [6.07, 6.45) is 3.14. The fraction of sp³-hybridized carbons (Fsp3) is 1.00. The van der Waals surface area contributed by atoms with Gasteiger partial charge in [-0.05, 0) is 33.1 Å². The number of rotatable bonds is 0. The number of aliphatic hydroxyl groups excluding tert-OH is 1. The van der Waals surface area contributed by atoms with Crippen molar-refractivity contribution in [1.29, 1.82) is 0 Å². The van der Waals surface area contributed by atoms with Gasteiger partial charge in [0.15, 0.2) is 0 Å². The number of hydrogen-bond acceptors (Lipinski definition) is 2. The SMILES string of the molecule is CC1(C)CCCC(O)CN1. The van der Waals surface area contributed by atoms with Crippen LogP contribution in [0.3, 0.4) is 0 Å². The zero-order valence-corrected chi connectivity index (χ0v) is 6.85. The van der Waals surface area contributed by atoms with Gasteiger partial charge in [0, 0.05) is 12.1 Å². The van der Waals surface area contributed by atoms with Gasteiger partial charge in [0.05, 0.1) is 6.10 Å². The van der Waals surface area contributed by atoms with E-state index in [4.69, 9.17) is 0 Å². The van der Waals surface area contributed by atoms with Crippen molar-refractivity contribution in [3.63, 3.8) is 0 Å². The van der Waals surface area contributed by atoms with E-state index in [1.54, 1.807) is 0 Å². The van der Waals surface area contributed by atoms with E-state index in [2.05, 4.69) is 19.2 Å². The van der Waals surface area contributed by atoms with Crippen molar-refractivity contribution < 1.29 is 5.11 Å². The Kier molecular flexibility index (Phi) is 2.32. The Morgan fingerprint density at radius 3 is 2.90 bits per heavy atom. The van der Waals surface area contributed by atoms with Gasteiger partial charge in [-0.1, -0.05) is 0 Å². The molecule has 10 heavy (non-hydrogen) atoms. The van der Waals surface area contributed by atoms with Gasteiger partial charge in [-0.15, -0.1) is 0 Å². The molecule has 0 radical (unpaired) electrons. The molecule has 2 nitrogen and oxygen atoms in total. The molecule has 1 heterocycles. The molecule has 0 aromatic heterocycles. The second-order valence-electron chi connectivity index (χ2n) is 3.81. The normalized spacial score (nSPS) is 33.3. The van der Waals surface area contributed by atoms with Crippen LogP contribution in [0.5, 0.6) is 0 Å². The van der Waals surface area contributed by atoms with Crippen LogP contribution in [0.1, 0.15) is 33.1 Å². The quantitative estimate of drug-likeness (QED) is 0.528. The zero-order chi connectivity index (χ0) is 7.61. The van der Waals surface area contributed by atoms with Gasteiger partial charge in [-0.2, -0.15) is 0 Å². The molecule has 0 saturated carbocycles. The third-order valence-corrected chi connectivity index (χ3v) is 2.16. The Morgan fingerprint density at radius 2 is 2.20 bits per heavy atom. The highest BCUT2D eigenvalue weighted by Crippen LogP contribution is 2.17. The highest BCUT2D eigenvalue weighted by atomic mass is 16.3. The second kappa shape index (κ2) is 2.89. The molecule has 2 heteroatoms. The summed E-state index contributed by atoms with van der Waals surface area (Å²) in [5.41, 5.74) is 0.234. The first-order valence-electron chi connectivity index (χ1n) is 4.03. The third kappa shape index (κ3) is 2.27. The first-order chi connectivity index (χ1) is 4.60. The summed E-state index contributed by atoms with van der Waals surface area (Å²) in [7, 11) is 0. The van der Waals surface area contributed by atoms with E-state index in [0.717, 1.165) is 19.4 Å². The van der Waals surface area contributed by atoms with E-state index >= 15 is 0 Å². The molecule has 1 saturated heterocycles. The maximum Gasteiger partial charge on any atom is 0.0664 e. The number of β-amino-alcohol motifs (C(OH)–C–C–N with tert-alkyl or cyclic N) is 1. The van der Waals surface area contributed by atoms with Crippen molar-refractivity contribution in [1.82, 2.24) is 5.32 Å². The highest BCUT2D eigenvalue weighted by Gasteiger charge is 2.21. The molecule has 0 aliphatic carbocycles.